The molecule has 0 amide bonds. The molecule has 0 spiro atoms. The van der Waals surface area contributed by atoms with Gasteiger partial charge < -0.3 is 40.2 Å². The molecular formula is C36H55B4O8P. The molecule has 8 nitrogen and oxygen atoms in total. The van der Waals surface area contributed by atoms with E-state index in [1.54, 1.807) is 97.1 Å². The summed E-state index contributed by atoms with van der Waals surface area (Å²) < 4.78 is 0. The first-order valence-electron chi connectivity index (χ1n) is 16.0. The summed E-state index contributed by atoms with van der Waals surface area (Å²) >= 11 is 0. The summed E-state index contributed by atoms with van der Waals surface area (Å²) in [5.74, 6) is 0. The third-order valence-electron chi connectivity index (χ3n) is 6.40. The minimum absolute atomic E-state index is 0.0162. The molecule has 0 fully saturated rings. The Morgan fingerprint density at radius 3 is 0.510 bits per heavy atom. The van der Waals surface area contributed by atoms with Crippen molar-refractivity contribution in [3.05, 3.63) is 121 Å². The molecule has 4 aromatic carbocycles. The third-order valence-corrected chi connectivity index (χ3v) is 10.4. The molecule has 0 aliphatic carbocycles. The molecule has 264 valence electrons. The van der Waals surface area contributed by atoms with Crippen LogP contribution in [0.4, 0.5) is 0 Å². The predicted octanol–water partition coefficient (Wildman–Crippen LogP) is 2.33. The number of rotatable bonds is 4. The van der Waals surface area contributed by atoms with E-state index < -0.39 is 28.5 Å². The summed E-state index contributed by atoms with van der Waals surface area (Å²) in [4.78, 5) is 0. The highest BCUT2D eigenvalue weighted by molar-refractivity contribution is 7.62. The van der Waals surface area contributed by atoms with Crippen LogP contribution in [0.15, 0.2) is 121 Å². The first-order valence-corrected chi connectivity index (χ1v) is 17.4. The number of hydrogen-bond acceptors (Lipinski definition) is 8. The van der Waals surface area contributed by atoms with Gasteiger partial charge in [-0.05, 0) is 37.3 Å². The molecule has 0 heterocycles. The highest BCUT2D eigenvalue weighted by atomic mass is 31.1. The van der Waals surface area contributed by atoms with E-state index in [1.807, 2.05) is 24.3 Å². The minimum atomic E-state index is -1.34. The van der Waals surface area contributed by atoms with Crippen LogP contribution in [0.5, 0.6) is 0 Å². The van der Waals surface area contributed by atoms with Gasteiger partial charge in [0.1, 0.15) is 0 Å². The Kier molecular flexibility index (Phi) is 21.6. The lowest BCUT2D eigenvalue weighted by molar-refractivity contribution is 0.424. The maximum absolute atomic E-state index is 8.58. The first kappa shape index (κ1) is 46.2. The Balaban J connectivity index is 0.000000592. The zero-order valence-corrected chi connectivity index (χ0v) is 31.3. The van der Waals surface area contributed by atoms with Gasteiger partial charge in [0.25, 0.3) is 0 Å². The Hall–Kier alpha value is -2.75. The van der Waals surface area contributed by atoms with E-state index in [1.165, 1.54) is 0 Å². The van der Waals surface area contributed by atoms with Crippen LogP contribution in [-0.2, 0) is 0 Å². The average molecular weight is 690 g/mol. The molecular weight excluding hydrogens is 635 g/mol. The van der Waals surface area contributed by atoms with E-state index in [2.05, 4.69) is 62.3 Å². The molecule has 4 rings (SSSR count). The van der Waals surface area contributed by atoms with Crippen molar-refractivity contribution >= 4 is 58.2 Å². The molecule has 0 aromatic heterocycles. The zero-order chi connectivity index (χ0) is 37.8. The van der Waals surface area contributed by atoms with Crippen molar-refractivity contribution in [2.24, 2.45) is 0 Å². The largest absolute Gasteiger partial charge is 0.488 e. The Morgan fingerprint density at radius 2 is 0.449 bits per heavy atom. The number of hydrogen-bond donors (Lipinski definition) is 8. The summed E-state index contributed by atoms with van der Waals surface area (Å²) in [7, 11) is -5.35. The van der Waals surface area contributed by atoms with E-state index in [9.17, 15) is 0 Å². The first-order chi connectivity index (χ1) is 22.6. The van der Waals surface area contributed by atoms with Crippen LogP contribution in [0.1, 0.15) is 62.3 Å². The van der Waals surface area contributed by atoms with E-state index in [4.69, 9.17) is 40.2 Å². The highest BCUT2D eigenvalue weighted by Gasteiger charge is 2.41. The monoisotopic (exact) mass is 690 g/mol. The Bertz CT molecular complexity index is 1160. The summed E-state index contributed by atoms with van der Waals surface area (Å²) in [5.41, 5.74) is 2.10. The van der Waals surface area contributed by atoms with E-state index >= 15 is 0 Å². The summed E-state index contributed by atoms with van der Waals surface area (Å²) in [6.45, 7) is 21.5. The van der Waals surface area contributed by atoms with Crippen molar-refractivity contribution in [2.75, 3.05) is 0 Å². The molecule has 0 unspecified atom stereocenters. The second kappa shape index (κ2) is 22.9. The topological polar surface area (TPSA) is 162 Å². The van der Waals surface area contributed by atoms with Gasteiger partial charge in [-0.25, -0.2) is 0 Å². The van der Waals surface area contributed by atoms with Gasteiger partial charge in [-0.1, -0.05) is 192 Å². The molecule has 0 saturated carbocycles. The zero-order valence-electron chi connectivity index (χ0n) is 30.4. The van der Waals surface area contributed by atoms with Gasteiger partial charge in [0.05, 0.1) is 0 Å². The van der Waals surface area contributed by atoms with Gasteiger partial charge in [0.15, 0.2) is 0 Å². The second-order valence-electron chi connectivity index (χ2n) is 14.0. The summed E-state index contributed by atoms with van der Waals surface area (Å²) in [6.07, 6.45) is 0. The highest BCUT2D eigenvalue weighted by Crippen LogP contribution is 2.66. The summed E-state index contributed by atoms with van der Waals surface area (Å²) in [6, 6.07) is 34.6. The van der Waals surface area contributed by atoms with E-state index in [-0.39, 0.29) is 7.92 Å². The van der Waals surface area contributed by atoms with Crippen molar-refractivity contribution in [1.82, 2.24) is 0 Å². The van der Waals surface area contributed by atoms with Crippen LogP contribution in [0.25, 0.3) is 0 Å². The summed E-state index contributed by atoms with van der Waals surface area (Å²) in [5, 5.41) is 70.0. The molecule has 8 N–H and O–H groups in total. The lowest BCUT2D eigenvalue weighted by Gasteiger charge is -2.49. The standard InChI is InChI=1S/C12H27P.4C6H7BO2/c1-10(2,3)13(11(4,5)6)12(7,8)9;4*8-7(9)6-4-2-1-3-5-6/h1-9H3;4*1-5,8-9H. The quantitative estimate of drug-likeness (QED) is 0.120. The van der Waals surface area contributed by atoms with Crippen LogP contribution in [0.2, 0.25) is 0 Å². The maximum atomic E-state index is 8.58. The van der Waals surface area contributed by atoms with Crippen molar-refractivity contribution < 1.29 is 40.2 Å². The fourth-order valence-corrected chi connectivity index (χ4v) is 11.6. The van der Waals surface area contributed by atoms with Crippen LogP contribution in [0, 0.1) is 0 Å². The maximum Gasteiger partial charge on any atom is 0.488 e. The van der Waals surface area contributed by atoms with Gasteiger partial charge in [-0.3, -0.25) is 0 Å². The van der Waals surface area contributed by atoms with Crippen molar-refractivity contribution in [3.8, 4) is 0 Å². The number of benzene rings is 4. The molecule has 0 aliphatic heterocycles. The molecule has 0 aliphatic rings. The van der Waals surface area contributed by atoms with Gasteiger partial charge >= 0.3 is 28.5 Å². The lowest BCUT2D eigenvalue weighted by Crippen LogP contribution is -2.34. The molecule has 4 aromatic rings. The van der Waals surface area contributed by atoms with E-state index in [0.717, 1.165) is 0 Å². The lowest BCUT2D eigenvalue weighted by atomic mass is 9.81. The van der Waals surface area contributed by atoms with Crippen LogP contribution >= 0.6 is 7.92 Å². The van der Waals surface area contributed by atoms with Gasteiger partial charge in [-0.15, -0.1) is 0 Å². The molecule has 0 bridgehead atoms. The smallest absolute Gasteiger partial charge is 0.423 e. The Labute approximate surface area is 296 Å². The van der Waals surface area contributed by atoms with Crippen molar-refractivity contribution in [2.45, 2.75) is 77.8 Å². The van der Waals surface area contributed by atoms with Crippen LogP contribution < -0.4 is 21.9 Å². The van der Waals surface area contributed by atoms with Gasteiger partial charge in [-0.2, -0.15) is 0 Å². The van der Waals surface area contributed by atoms with Crippen molar-refractivity contribution in [3.63, 3.8) is 0 Å². The fourth-order valence-electron chi connectivity index (χ4n) is 5.52. The molecule has 0 atom stereocenters. The molecule has 13 heteroatoms. The Morgan fingerprint density at radius 1 is 0.306 bits per heavy atom. The molecule has 49 heavy (non-hydrogen) atoms. The SMILES string of the molecule is CC(C)(C)P(C(C)(C)C)C(C)(C)C.OB(O)c1ccccc1.OB(O)c1ccccc1.OB(O)c1ccccc1.OB(O)c1ccccc1. The van der Waals surface area contributed by atoms with Crippen LogP contribution in [0.3, 0.4) is 0 Å². The molecule has 0 saturated heterocycles. The predicted molar refractivity (Wildman–Crippen MR) is 211 cm³/mol. The van der Waals surface area contributed by atoms with E-state index in [0.29, 0.717) is 37.3 Å². The van der Waals surface area contributed by atoms with Crippen molar-refractivity contribution in [1.29, 1.82) is 0 Å². The third kappa shape index (κ3) is 21.2. The van der Waals surface area contributed by atoms with Gasteiger partial charge in [0, 0.05) is 0 Å². The minimum Gasteiger partial charge on any atom is -0.423 e. The second-order valence-corrected chi connectivity index (χ2v) is 18.7. The van der Waals surface area contributed by atoms with Gasteiger partial charge in [0.2, 0.25) is 0 Å². The average Bonchev–Trinajstić information content (AvgIpc) is 3.02. The van der Waals surface area contributed by atoms with Crippen LogP contribution in [-0.4, -0.2) is 84.1 Å². The fraction of sp³-hybridized carbons (Fsp3) is 0.333. The normalized spacial score (nSPS) is 10.7. The molecule has 0 radical (unpaired) electrons.